The third kappa shape index (κ3) is 5.96. The summed E-state index contributed by atoms with van der Waals surface area (Å²) in [6.45, 7) is 5.58. The topological polar surface area (TPSA) is 78.5 Å². The molecule has 0 unspecified atom stereocenters. The second kappa shape index (κ2) is 9.74. The number of hydrogen-bond donors (Lipinski definition) is 2. The van der Waals surface area contributed by atoms with E-state index in [1.54, 1.807) is 17.0 Å². The maximum Gasteiger partial charge on any atom is 0.251 e. The minimum absolute atomic E-state index is 0.0207. The molecule has 1 aliphatic heterocycles. The first kappa shape index (κ1) is 21.2. The molecule has 0 aliphatic carbocycles. The molecule has 1 heterocycles. The van der Waals surface area contributed by atoms with Crippen LogP contribution in [0.25, 0.3) is 0 Å². The molecule has 27 heavy (non-hydrogen) atoms. The van der Waals surface area contributed by atoms with Crippen LogP contribution in [0.2, 0.25) is 0 Å². The molecule has 2 N–H and O–H groups in total. The molecule has 0 radical (unpaired) electrons. The summed E-state index contributed by atoms with van der Waals surface area (Å²) < 4.78 is 0. The largest absolute Gasteiger partial charge is 0.354 e. The standard InChI is InChI=1S/C20H28ClN3O3/c1-20(2,14-21)19(27)24-12-8-16(9-13-24)18(26)23-11-10-22-17(25)15-6-4-3-5-7-15/h3-7,16H,8-14H2,1-2H3,(H,22,25)(H,23,26). The number of alkyl halides is 1. The second-order valence-electron chi connectivity index (χ2n) is 7.50. The molecule has 0 spiro atoms. The average Bonchev–Trinajstić information content (AvgIpc) is 2.71. The lowest BCUT2D eigenvalue weighted by atomic mass is 9.90. The summed E-state index contributed by atoms with van der Waals surface area (Å²) in [5.74, 6) is 0.0465. The van der Waals surface area contributed by atoms with Crippen molar-refractivity contribution in [3.05, 3.63) is 35.9 Å². The summed E-state index contributed by atoms with van der Waals surface area (Å²) in [6.07, 6.45) is 1.29. The fourth-order valence-electron chi connectivity index (χ4n) is 3.03. The smallest absolute Gasteiger partial charge is 0.251 e. The molecule has 1 aromatic rings. The SMILES string of the molecule is CC(C)(CCl)C(=O)N1CCC(C(=O)NCCNC(=O)c2ccccc2)CC1. The maximum absolute atomic E-state index is 12.4. The molecule has 0 saturated carbocycles. The van der Waals surface area contributed by atoms with Gasteiger partial charge in [-0.05, 0) is 38.8 Å². The summed E-state index contributed by atoms with van der Waals surface area (Å²) in [5, 5.41) is 5.65. The van der Waals surface area contributed by atoms with E-state index in [1.807, 2.05) is 32.0 Å². The highest BCUT2D eigenvalue weighted by Crippen LogP contribution is 2.25. The first-order valence-corrected chi connectivity index (χ1v) is 9.85. The average molecular weight is 394 g/mol. The number of halogens is 1. The molecule has 1 fully saturated rings. The zero-order valence-corrected chi connectivity index (χ0v) is 16.7. The van der Waals surface area contributed by atoms with Crippen molar-refractivity contribution in [2.45, 2.75) is 26.7 Å². The monoisotopic (exact) mass is 393 g/mol. The summed E-state index contributed by atoms with van der Waals surface area (Å²) in [7, 11) is 0. The van der Waals surface area contributed by atoms with Gasteiger partial charge in [0.05, 0.1) is 5.41 Å². The molecule has 0 atom stereocenters. The molecule has 0 bridgehead atoms. The molecule has 7 heteroatoms. The second-order valence-corrected chi connectivity index (χ2v) is 7.76. The summed E-state index contributed by atoms with van der Waals surface area (Å²) in [6, 6.07) is 8.96. The van der Waals surface area contributed by atoms with E-state index in [-0.39, 0.29) is 29.5 Å². The molecule has 148 valence electrons. The Labute approximate surface area is 165 Å². The zero-order valence-electron chi connectivity index (χ0n) is 16.0. The number of carbonyl (C=O) groups is 3. The van der Waals surface area contributed by atoms with E-state index in [1.165, 1.54) is 0 Å². The Morgan fingerprint density at radius 1 is 1.07 bits per heavy atom. The lowest BCUT2D eigenvalue weighted by molar-refractivity contribution is -0.142. The Kier molecular flexibility index (Phi) is 7.66. The molecule has 0 aromatic heterocycles. The quantitative estimate of drug-likeness (QED) is 0.549. The Morgan fingerprint density at radius 2 is 1.67 bits per heavy atom. The first-order valence-electron chi connectivity index (χ1n) is 9.31. The van der Waals surface area contributed by atoms with E-state index in [2.05, 4.69) is 10.6 Å². The van der Waals surface area contributed by atoms with Crippen LogP contribution >= 0.6 is 11.6 Å². The molecular weight excluding hydrogens is 366 g/mol. The van der Waals surface area contributed by atoms with Gasteiger partial charge < -0.3 is 15.5 Å². The van der Waals surface area contributed by atoms with Gasteiger partial charge >= 0.3 is 0 Å². The Balaban J connectivity index is 1.68. The van der Waals surface area contributed by atoms with Crippen LogP contribution in [-0.4, -0.2) is 54.7 Å². The number of amides is 3. The van der Waals surface area contributed by atoms with Crippen molar-refractivity contribution < 1.29 is 14.4 Å². The molecule has 1 aliphatic rings. The molecule has 2 rings (SSSR count). The van der Waals surface area contributed by atoms with Crippen LogP contribution in [0.4, 0.5) is 0 Å². The van der Waals surface area contributed by atoms with Gasteiger partial charge in [-0.3, -0.25) is 14.4 Å². The Hall–Kier alpha value is -2.08. The fourth-order valence-corrected chi connectivity index (χ4v) is 3.14. The number of likely N-dealkylation sites (tertiary alicyclic amines) is 1. The van der Waals surface area contributed by atoms with Gasteiger partial charge in [0.2, 0.25) is 11.8 Å². The lowest BCUT2D eigenvalue weighted by Gasteiger charge is -2.35. The van der Waals surface area contributed by atoms with E-state index in [9.17, 15) is 14.4 Å². The number of piperidine rings is 1. The number of benzene rings is 1. The van der Waals surface area contributed by atoms with Crippen molar-refractivity contribution in [3.63, 3.8) is 0 Å². The van der Waals surface area contributed by atoms with Crippen LogP contribution in [0.5, 0.6) is 0 Å². The normalized spacial score (nSPS) is 15.3. The van der Waals surface area contributed by atoms with Crippen molar-refractivity contribution in [3.8, 4) is 0 Å². The summed E-state index contributed by atoms with van der Waals surface area (Å²) >= 11 is 5.88. The predicted molar refractivity (Wildman–Crippen MR) is 106 cm³/mol. The van der Waals surface area contributed by atoms with Crippen LogP contribution in [0.3, 0.4) is 0 Å². The van der Waals surface area contributed by atoms with E-state index in [0.29, 0.717) is 44.6 Å². The van der Waals surface area contributed by atoms with Gasteiger partial charge in [-0.15, -0.1) is 11.6 Å². The lowest BCUT2D eigenvalue weighted by Crippen LogP contribution is -2.48. The van der Waals surface area contributed by atoms with Crippen LogP contribution in [0, 0.1) is 11.3 Å². The van der Waals surface area contributed by atoms with Gasteiger partial charge in [0.15, 0.2) is 0 Å². The molecule has 1 aromatic carbocycles. The van der Waals surface area contributed by atoms with Crippen LogP contribution in [0.15, 0.2) is 30.3 Å². The number of nitrogens with one attached hydrogen (secondary N) is 2. The van der Waals surface area contributed by atoms with E-state index in [4.69, 9.17) is 11.6 Å². The molecule has 3 amide bonds. The zero-order chi connectivity index (χ0) is 19.9. The molecule has 6 nitrogen and oxygen atoms in total. The van der Waals surface area contributed by atoms with E-state index < -0.39 is 5.41 Å². The van der Waals surface area contributed by atoms with Crippen molar-refractivity contribution in [1.82, 2.24) is 15.5 Å². The number of rotatable bonds is 7. The predicted octanol–water partition coefficient (Wildman–Crippen LogP) is 2.04. The van der Waals surface area contributed by atoms with E-state index >= 15 is 0 Å². The third-order valence-corrected chi connectivity index (χ3v) is 5.48. The van der Waals surface area contributed by atoms with Crippen LogP contribution < -0.4 is 10.6 Å². The van der Waals surface area contributed by atoms with Crippen LogP contribution in [0.1, 0.15) is 37.0 Å². The van der Waals surface area contributed by atoms with E-state index in [0.717, 1.165) is 0 Å². The van der Waals surface area contributed by atoms with Crippen LogP contribution in [-0.2, 0) is 9.59 Å². The highest BCUT2D eigenvalue weighted by molar-refractivity contribution is 6.19. The van der Waals surface area contributed by atoms with Crippen molar-refractivity contribution in [1.29, 1.82) is 0 Å². The van der Waals surface area contributed by atoms with Crippen molar-refractivity contribution >= 4 is 29.3 Å². The highest BCUT2D eigenvalue weighted by atomic mass is 35.5. The van der Waals surface area contributed by atoms with Gasteiger partial charge in [-0.2, -0.15) is 0 Å². The summed E-state index contributed by atoms with van der Waals surface area (Å²) in [4.78, 5) is 38.4. The highest BCUT2D eigenvalue weighted by Gasteiger charge is 2.34. The molecular formula is C20H28ClN3O3. The Morgan fingerprint density at radius 3 is 2.26 bits per heavy atom. The summed E-state index contributed by atoms with van der Waals surface area (Å²) in [5.41, 5.74) is 0.0221. The third-order valence-electron chi connectivity index (χ3n) is 4.81. The van der Waals surface area contributed by atoms with Gasteiger partial charge in [0.1, 0.15) is 0 Å². The maximum atomic E-state index is 12.4. The first-order chi connectivity index (χ1) is 12.8. The van der Waals surface area contributed by atoms with Crippen molar-refractivity contribution in [2.75, 3.05) is 32.1 Å². The number of nitrogens with zero attached hydrogens (tertiary/aromatic N) is 1. The van der Waals surface area contributed by atoms with Crippen molar-refractivity contribution in [2.24, 2.45) is 11.3 Å². The van der Waals surface area contributed by atoms with Gasteiger partial charge in [-0.1, -0.05) is 18.2 Å². The van der Waals surface area contributed by atoms with Gasteiger partial charge in [0, 0.05) is 43.5 Å². The fraction of sp³-hybridized carbons (Fsp3) is 0.550. The minimum Gasteiger partial charge on any atom is -0.354 e. The molecule has 1 saturated heterocycles. The number of hydrogen-bond acceptors (Lipinski definition) is 3. The minimum atomic E-state index is -0.576. The van der Waals surface area contributed by atoms with Gasteiger partial charge in [0.25, 0.3) is 5.91 Å². The number of carbonyl (C=O) groups excluding carboxylic acids is 3. The Bertz CT molecular complexity index is 656. The van der Waals surface area contributed by atoms with Gasteiger partial charge in [-0.25, -0.2) is 0 Å².